The van der Waals surface area contributed by atoms with Crippen molar-refractivity contribution in [2.24, 2.45) is 0 Å². The van der Waals surface area contributed by atoms with Crippen molar-refractivity contribution in [1.82, 2.24) is 10.2 Å². The van der Waals surface area contributed by atoms with Crippen molar-refractivity contribution in [1.29, 1.82) is 0 Å². The number of rotatable bonds is 3. The first kappa shape index (κ1) is 10.4. The zero-order chi connectivity index (χ0) is 11.4. The number of nitrogens with zero attached hydrogens (tertiary/aromatic N) is 3. The smallest absolute Gasteiger partial charge is 0.151 e. The molecule has 2 N–H and O–H groups in total. The number of nitrogens with two attached hydrogens (primary N) is 1. The van der Waals surface area contributed by atoms with Gasteiger partial charge in [-0.25, -0.2) is 0 Å². The highest BCUT2D eigenvalue weighted by Gasteiger charge is 2.02. The molecule has 2 aromatic rings. The van der Waals surface area contributed by atoms with Crippen LogP contribution in [0.3, 0.4) is 0 Å². The van der Waals surface area contributed by atoms with Gasteiger partial charge >= 0.3 is 0 Å². The van der Waals surface area contributed by atoms with E-state index in [4.69, 9.17) is 5.73 Å². The van der Waals surface area contributed by atoms with Crippen LogP contribution in [0.15, 0.2) is 42.6 Å². The Hall–Kier alpha value is -2.10. The maximum Gasteiger partial charge on any atom is 0.151 e. The topological polar surface area (TPSA) is 55.0 Å². The van der Waals surface area contributed by atoms with Gasteiger partial charge in [0.2, 0.25) is 0 Å². The van der Waals surface area contributed by atoms with Crippen LogP contribution in [0.1, 0.15) is 5.56 Å². The molecular formula is C12H14N4. The normalized spacial score (nSPS) is 10.1. The summed E-state index contributed by atoms with van der Waals surface area (Å²) in [5.41, 5.74) is 7.61. The van der Waals surface area contributed by atoms with E-state index in [1.807, 2.05) is 48.3 Å². The molecule has 82 valence electrons. The van der Waals surface area contributed by atoms with Crippen molar-refractivity contribution in [2.45, 2.75) is 6.54 Å². The molecule has 1 aromatic carbocycles. The Labute approximate surface area is 94.7 Å². The quantitative estimate of drug-likeness (QED) is 0.790. The van der Waals surface area contributed by atoms with Crippen molar-refractivity contribution in [3.8, 4) is 0 Å². The second kappa shape index (κ2) is 4.61. The first-order chi connectivity index (χ1) is 7.75. The van der Waals surface area contributed by atoms with Crippen LogP contribution in [0.4, 0.5) is 11.5 Å². The van der Waals surface area contributed by atoms with Crippen LogP contribution in [-0.4, -0.2) is 17.2 Å². The van der Waals surface area contributed by atoms with E-state index in [2.05, 4.69) is 10.2 Å². The van der Waals surface area contributed by atoms with Crippen LogP contribution in [0.5, 0.6) is 0 Å². The Morgan fingerprint density at radius 1 is 1.19 bits per heavy atom. The summed E-state index contributed by atoms with van der Waals surface area (Å²) in [4.78, 5) is 2.04. The number of aromatic nitrogens is 2. The number of anilines is 2. The molecule has 0 radical (unpaired) electrons. The van der Waals surface area contributed by atoms with Gasteiger partial charge in [0.05, 0.1) is 0 Å². The van der Waals surface area contributed by atoms with Gasteiger partial charge in [-0.2, -0.15) is 5.10 Å². The van der Waals surface area contributed by atoms with E-state index in [0.717, 1.165) is 18.1 Å². The molecule has 0 saturated carbocycles. The molecule has 0 atom stereocenters. The molecule has 0 spiro atoms. The molecule has 0 aliphatic rings. The third-order valence-corrected chi connectivity index (χ3v) is 2.35. The summed E-state index contributed by atoms with van der Waals surface area (Å²) in [6.07, 6.45) is 1.67. The molecule has 0 bridgehead atoms. The Bertz CT molecular complexity index is 438. The number of hydrogen-bond acceptors (Lipinski definition) is 4. The van der Waals surface area contributed by atoms with Crippen LogP contribution in [-0.2, 0) is 6.54 Å². The maximum absolute atomic E-state index is 5.63. The van der Waals surface area contributed by atoms with Crippen LogP contribution >= 0.6 is 0 Å². The van der Waals surface area contributed by atoms with Crippen LogP contribution < -0.4 is 10.6 Å². The second-order valence-corrected chi connectivity index (χ2v) is 3.68. The van der Waals surface area contributed by atoms with E-state index < -0.39 is 0 Å². The van der Waals surface area contributed by atoms with Crippen molar-refractivity contribution in [2.75, 3.05) is 17.7 Å². The largest absolute Gasteiger partial charge is 0.399 e. The first-order valence-electron chi connectivity index (χ1n) is 5.09. The first-order valence-corrected chi connectivity index (χ1v) is 5.09. The Kier molecular flexibility index (Phi) is 3.00. The third kappa shape index (κ3) is 2.48. The van der Waals surface area contributed by atoms with Crippen LogP contribution in [0.25, 0.3) is 0 Å². The van der Waals surface area contributed by atoms with E-state index in [1.54, 1.807) is 6.20 Å². The van der Waals surface area contributed by atoms with Gasteiger partial charge in [-0.15, -0.1) is 5.10 Å². The van der Waals surface area contributed by atoms with Gasteiger partial charge < -0.3 is 10.6 Å². The lowest BCUT2D eigenvalue weighted by Crippen LogP contribution is -2.17. The Balaban J connectivity index is 2.08. The van der Waals surface area contributed by atoms with E-state index in [1.165, 1.54) is 5.56 Å². The molecule has 1 aromatic heterocycles. The van der Waals surface area contributed by atoms with E-state index >= 15 is 0 Å². The summed E-state index contributed by atoms with van der Waals surface area (Å²) in [7, 11) is 1.99. The van der Waals surface area contributed by atoms with Gasteiger partial charge in [-0.3, -0.25) is 0 Å². The molecule has 2 rings (SSSR count). The summed E-state index contributed by atoms with van der Waals surface area (Å²) < 4.78 is 0. The predicted octanol–water partition coefficient (Wildman–Crippen LogP) is 1.70. The average Bonchev–Trinajstić information content (AvgIpc) is 2.33. The Morgan fingerprint density at radius 3 is 2.56 bits per heavy atom. The van der Waals surface area contributed by atoms with Gasteiger partial charge in [0.25, 0.3) is 0 Å². The Morgan fingerprint density at radius 2 is 1.94 bits per heavy atom. The third-order valence-electron chi connectivity index (χ3n) is 2.35. The maximum atomic E-state index is 5.63. The summed E-state index contributed by atoms with van der Waals surface area (Å²) in [6, 6.07) is 11.6. The molecular weight excluding hydrogens is 200 g/mol. The summed E-state index contributed by atoms with van der Waals surface area (Å²) in [5.74, 6) is 0.860. The van der Waals surface area contributed by atoms with Gasteiger partial charge in [0.1, 0.15) is 0 Å². The number of hydrogen-bond donors (Lipinski definition) is 1. The molecule has 0 fully saturated rings. The van der Waals surface area contributed by atoms with Crippen molar-refractivity contribution >= 4 is 11.5 Å². The summed E-state index contributed by atoms with van der Waals surface area (Å²) in [6.45, 7) is 0.791. The average molecular weight is 214 g/mol. The van der Waals surface area contributed by atoms with Crippen molar-refractivity contribution in [3.05, 3.63) is 48.2 Å². The van der Waals surface area contributed by atoms with E-state index in [0.29, 0.717) is 0 Å². The fraction of sp³-hybridized carbons (Fsp3) is 0.167. The lowest BCUT2D eigenvalue weighted by Gasteiger charge is -2.17. The van der Waals surface area contributed by atoms with Gasteiger partial charge in [0, 0.05) is 25.5 Å². The molecule has 0 saturated heterocycles. The summed E-state index contributed by atoms with van der Waals surface area (Å²) in [5, 5.41) is 7.89. The molecule has 4 nitrogen and oxygen atoms in total. The summed E-state index contributed by atoms with van der Waals surface area (Å²) >= 11 is 0. The zero-order valence-corrected chi connectivity index (χ0v) is 9.17. The van der Waals surface area contributed by atoms with E-state index in [9.17, 15) is 0 Å². The predicted molar refractivity (Wildman–Crippen MR) is 65.0 cm³/mol. The fourth-order valence-electron chi connectivity index (χ4n) is 1.47. The second-order valence-electron chi connectivity index (χ2n) is 3.68. The molecule has 1 heterocycles. The minimum absolute atomic E-state index is 0.783. The number of benzene rings is 1. The van der Waals surface area contributed by atoms with Gasteiger partial charge in [-0.05, 0) is 29.8 Å². The van der Waals surface area contributed by atoms with Gasteiger partial charge in [0.15, 0.2) is 5.82 Å². The van der Waals surface area contributed by atoms with Gasteiger partial charge in [-0.1, -0.05) is 12.1 Å². The molecule has 0 unspecified atom stereocenters. The fourth-order valence-corrected chi connectivity index (χ4v) is 1.47. The van der Waals surface area contributed by atoms with Crippen molar-refractivity contribution in [3.63, 3.8) is 0 Å². The lowest BCUT2D eigenvalue weighted by atomic mass is 10.2. The number of nitrogen functional groups attached to an aromatic ring is 1. The van der Waals surface area contributed by atoms with E-state index in [-0.39, 0.29) is 0 Å². The SMILES string of the molecule is CN(Cc1ccc(N)cc1)c1cccnn1. The van der Waals surface area contributed by atoms with Crippen LogP contribution in [0.2, 0.25) is 0 Å². The van der Waals surface area contributed by atoms with Crippen molar-refractivity contribution < 1.29 is 0 Å². The monoisotopic (exact) mass is 214 g/mol. The molecule has 0 aliphatic carbocycles. The highest BCUT2D eigenvalue weighted by Crippen LogP contribution is 2.12. The molecule has 16 heavy (non-hydrogen) atoms. The zero-order valence-electron chi connectivity index (χ0n) is 9.17. The molecule has 0 amide bonds. The minimum Gasteiger partial charge on any atom is -0.399 e. The minimum atomic E-state index is 0.783. The highest BCUT2D eigenvalue weighted by molar-refractivity contribution is 5.41. The van der Waals surface area contributed by atoms with Crippen LogP contribution in [0, 0.1) is 0 Å². The standard InChI is InChI=1S/C12H14N4/c1-16(12-3-2-8-14-15-12)9-10-4-6-11(13)7-5-10/h2-8H,9,13H2,1H3. The molecule has 4 heteroatoms. The molecule has 0 aliphatic heterocycles. The highest BCUT2D eigenvalue weighted by atomic mass is 15.2. The lowest BCUT2D eigenvalue weighted by molar-refractivity contribution is 0.866.